The lowest BCUT2D eigenvalue weighted by Crippen LogP contribution is -2.11. The maximum atomic E-state index is 11.3. The van der Waals surface area contributed by atoms with Crippen LogP contribution in [0.4, 0.5) is 0 Å². The summed E-state index contributed by atoms with van der Waals surface area (Å²) < 4.78 is 0. The topological polar surface area (TPSA) is 43.1 Å². The average molecular weight is 285 g/mol. The van der Waals surface area contributed by atoms with Crippen molar-refractivity contribution in [1.82, 2.24) is 0 Å². The molecule has 0 heterocycles. The molecule has 0 atom stereocenters. The van der Waals surface area contributed by atoms with E-state index in [4.69, 9.17) is 5.73 Å². The lowest BCUT2D eigenvalue weighted by atomic mass is 9.91. The summed E-state index contributed by atoms with van der Waals surface area (Å²) in [6.45, 7) is 1.75. The van der Waals surface area contributed by atoms with Crippen LogP contribution in [-0.4, -0.2) is 5.91 Å². The molecule has 4 aromatic carbocycles. The maximum Gasteiger partial charge on any atom is 0.244 e. The Morgan fingerprint density at radius 3 is 2.14 bits per heavy atom. The predicted octanol–water partition coefficient (Wildman–Crippen LogP) is 4.47. The zero-order valence-corrected chi connectivity index (χ0v) is 12.3. The van der Waals surface area contributed by atoms with Crippen LogP contribution < -0.4 is 5.73 Å². The first-order valence-corrected chi connectivity index (χ1v) is 7.30. The fourth-order valence-electron chi connectivity index (χ4n) is 3.19. The summed E-state index contributed by atoms with van der Waals surface area (Å²) in [5.74, 6) is -0.384. The van der Waals surface area contributed by atoms with E-state index in [1.807, 2.05) is 12.1 Å². The zero-order chi connectivity index (χ0) is 15.3. The molecule has 0 aliphatic heterocycles. The molecule has 2 heteroatoms. The second-order valence-electron chi connectivity index (χ2n) is 5.70. The molecule has 4 aromatic rings. The van der Waals surface area contributed by atoms with Gasteiger partial charge in [-0.05, 0) is 50.9 Å². The molecule has 0 saturated heterocycles. The van der Waals surface area contributed by atoms with E-state index in [9.17, 15) is 4.79 Å². The van der Waals surface area contributed by atoms with Gasteiger partial charge in [-0.15, -0.1) is 0 Å². The van der Waals surface area contributed by atoms with Crippen molar-refractivity contribution in [3.8, 4) is 0 Å². The molecule has 1 amide bonds. The van der Waals surface area contributed by atoms with E-state index in [1.165, 1.54) is 26.9 Å². The van der Waals surface area contributed by atoms with Gasteiger partial charge in [-0.25, -0.2) is 0 Å². The molecular weight excluding hydrogens is 270 g/mol. The Balaban J connectivity index is 2.17. The van der Waals surface area contributed by atoms with Gasteiger partial charge in [-0.1, -0.05) is 54.6 Å². The maximum absolute atomic E-state index is 11.3. The van der Waals surface area contributed by atoms with Crippen molar-refractivity contribution in [2.24, 2.45) is 5.73 Å². The van der Waals surface area contributed by atoms with Crippen molar-refractivity contribution in [3.05, 3.63) is 65.7 Å². The Labute approximate surface area is 128 Å². The van der Waals surface area contributed by atoms with E-state index >= 15 is 0 Å². The SMILES string of the molecule is C/C(=C\c1ccc2ccc3cccc4ccc1c2c34)C(N)=O. The summed E-state index contributed by atoms with van der Waals surface area (Å²) in [4.78, 5) is 11.3. The molecule has 0 unspecified atom stereocenters. The second-order valence-corrected chi connectivity index (χ2v) is 5.70. The minimum Gasteiger partial charge on any atom is -0.366 e. The fourth-order valence-corrected chi connectivity index (χ4v) is 3.19. The molecule has 2 nitrogen and oxygen atoms in total. The van der Waals surface area contributed by atoms with Crippen LogP contribution in [0.15, 0.2) is 60.2 Å². The van der Waals surface area contributed by atoms with E-state index in [1.54, 1.807) is 6.92 Å². The van der Waals surface area contributed by atoms with Crippen molar-refractivity contribution in [1.29, 1.82) is 0 Å². The van der Waals surface area contributed by atoms with E-state index in [0.717, 1.165) is 10.9 Å². The van der Waals surface area contributed by atoms with Crippen LogP contribution in [-0.2, 0) is 4.79 Å². The molecular formula is C20H15NO. The van der Waals surface area contributed by atoms with Gasteiger partial charge in [0.25, 0.3) is 0 Å². The molecule has 106 valence electrons. The Kier molecular flexibility index (Phi) is 2.67. The van der Waals surface area contributed by atoms with Crippen LogP contribution >= 0.6 is 0 Å². The van der Waals surface area contributed by atoms with Gasteiger partial charge in [0.2, 0.25) is 5.91 Å². The molecule has 4 rings (SSSR count). The van der Waals surface area contributed by atoms with Crippen LogP contribution in [0.25, 0.3) is 38.4 Å². The lowest BCUT2D eigenvalue weighted by Gasteiger charge is -2.12. The van der Waals surface area contributed by atoms with Gasteiger partial charge >= 0.3 is 0 Å². The molecule has 2 N–H and O–H groups in total. The molecule has 0 saturated carbocycles. The van der Waals surface area contributed by atoms with Gasteiger partial charge in [-0.2, -0.15) is 0 Å². The highest BCUT2D eigenvalue weighted by molar-refractivity contribution is 6.24. The molecule has 0 aliphatic rings. The molecule has 22 heavy (non-hydrogen) atoms. The summed E-state index contributed by atoms with van der Waals surface area (Å²) in [7, 11) is 0. The Morgan fingerprint density at radius 1 is 0.864 bits per heavy atom. The lowest BCUT2D eigenvalue weighted by molar-refractivity contribution is -0.114. The number of carbonyl (C=O) groups excluding carboxylic acids is 1. The zero-order valence-electron chi connectivity index (χ0n) is 12.3. The first-order valence-electron chi connectivity index (χ1n) is 7.30. The third kappa shape index (κ3) is 1.77. The van der Waals surface area contributed by atoms with Crippen LogP contribution in [0.1, 0.15) is 12.5 Å². The highest BCUT2D eigenvalue weighted by Gasteiger charge is 2.10. The number of nitrogens with two attached hydrogens (primary N) is 1. The highest BCUT2D eigenvalue weighted by atomic mass is 16.1. The van der Waals surface area contributed by atoms with Crippen LogP contribution in [0.5, 0.6) is 0 Å². The first-order chi connectivity index (χ1) is 10.6. The van der Waals surface area contributed by atoms with E-state index in [2.05, 4.69) is 48.5 Å². The smallest absolute Gasteiger partial charge is 0.244 e. The molecule has 0 radical (unpaired) electrons. The van der Waals surface area contributed by atoms with Gasteiger partial charge in [0.15, 0.2) is 0 Å². The number of carbonyl (C=O) groups is 1. The van der Waals surface area contributed by atoms with Crippen molar-refractivity contribution in [2.75, 3.05) is 0 Å². The van der Waals surface area contributed by atoms with Gasteiger partial charge in [0.05, 0.1) is 0 Å². The Bertz CT molecular complexity index is 1040. The Morgan fingerprint density at radius 2 is 1.45 bits per heavy atom. The van der Waals surface area contributed by atoms with Crippen LogP contribution in [0.3, 0.4) is 0 Å². The van der Waals surface area contributed by atoms with E-state index in [0.29, 0.717) is 5.57 Å². The normalized spacial score (nSPS) is 12.5. The van der Waals surface area contributed by atoms with Gasteiger partial charge in [0, 0.05) is 5.57 Å². The minimum absolute atomic E-state index is 0.384. The summed E-state index contributed by atoms with van der Waals surface area (Å²) in [6, 6.07) is 19.1. The van der Waals surface area contributed by atoms with Crippen molar-refractivity contribution >= 4 is 44.3 Å². The number of benzene rings is 4. The Hall–Kier alpha value is -2.87. The van der Waals surface area contributed by atoms with Crippen molar-refractivity contribution < 1.29 is 4.79 Å². The van der Waals surface area contributed by atoms with Crippen molar-refractivity contribution in [3.63, 3.8) is 0 Å². The molecule has 0 aliphatic carbocycles. The van der Waals surface area contributed by atoms with E-state index in [-0.39, 0.29) is 5.91 Å². The first kappa shape index (κ1) is 12.8. The minimum atomic E-state index is -0.384. The molecule has 0 spiro atoms. The summed E-state index contributed by atoms with van der Waals surface area (Å²) in [6.07, 6.45) is 1.87. The van der Waals surface area contributed by atoms with Gasteiger partial charge in [-0.3, -0.25) is 4.79 Å². The monoisotopic (exact) mass is 285 g/mol. The third-order valence-corrected chi connectivity index (χ3v) is 4.32. The predicted molar refractivity (Wildman–Crippen MR) is 93.0 cm³/mol. The summed E-state index contributed by atoms with van der Waals surface area (Å²) >= 11 is 0. The van der Waals surface area contributed by atoms with E-state index < -0.39 is 0 Å². The number of hydrogen-bond donors (Lipinski definition) is 1. The molecule has 0 fully saturated rings. The van der Waals surface area contributed by atoms with Gasteiger partial charge in [0.1, 0.15) is 0 Å². The fraction of sp³-hybridized carbons (Fsp3) is 0.0500. The largest absolute Gasteiger partial charge is 0.366 e. The average Bonchev–Trinajstić information content (AvgIpc) is 2.53. The second kappa shape index (κ2) is 4.57. The summed E-state index contributed by atoms with van der Waals surface area (Å²) in [5, 5.41) is 7.38. The molecule has 0 bridgehead atoms. The summed E-state index contributed by atoms with van der Waals surface area (Å²) in [5.41, 5.74) is 6.96. The quantitative estimate of drug-likeness (QED) is 0.428. The van der Waals surface area contributed by atoms with Gasteiger partial charge < -0.3 is 5.73 Å². The number of rotatable bonds is 2. The number of amides is 1. The van der Waals surface area contributed by atoms with Crippen LogP contribution in [0, 0.1) is 0 Å². The molecule has 0 aromatic heterocycles. The third-order valence-electron chi connectivity index (χ3n) is 4.32. The van der Waals surface area contributed by atoms with Crippen molar-refractivity contribution in [2.45, 2.75) is 6.92 Å². The van der Waals surface area contributed by atoms with Crippen LogP contribution in [0.2, 0.25) is 0 Å². The standard InChI is InChI=1S/C20H15NO/c1-12(20(21)22)11-16-8-7-15-6-5-13-3-2-4-14-9-10-17(16)19(15)18(13)14/h2-11H,1H3,(H2,21,22)/b12-11+. The highest BCUT2D eigenvalue weighted by Crippen LogP contribution is 2.36. The number of hydrogen-bond acceptors (Lipinski definition) is 1. The number of primary amides is 1.